The number of esters is 1. The average molecular weight is 673 g/mol. The van der Waals surface area contributed by atoms with E-state index in [1.807, 2.05) is 0 Å². The summed E-state index contributed by atoms with van der Waals surface area (Å²) in [6.07, 6.45) is 28.8. The second-order valence-corrected chi connectivity index (χ2v) is 17.7. The Bertz CT molecular complexity index is 956. The van der Waals surface area contributed by atoms with Crippen LogP contribution in [0.15, 0.2) is 12.2 Å². The molecule has 2 unspecified atom stereocenters. The van der Waals surface area contributed by atoms with Crippen LogP contribution in [0.3, 0.4) is 0 Å². The topological polar surface area (TPSA) is 63.2 Å². The molecule has 6 heteroatoms. The summed E-state index contributed by atoms with van der Waals surface area (Å²) in [6.45, 7) is 15.8. The van der Waals surface area contributed by atoms with Crippen molar-refractivity contribution in [3.8, 4) is 0 Å². The molecule has 48 heavy (non-hydrogen) atoms. The molecular weight excluding hydrogens is 600 g/mol. The van der Waals surface area contributed by atoms with Gasteiger partial charge in [0.05, 0.1) is 37.6 Å². The molecule has 2 heterocycles. The van der Waals surface area contributed by atoms with Crippen molar-refractivity contribution < 1.29 is 28.5 Å². The van der Waals surface area contributed by atoms with Gasteiger partial charge in [0.1, 0.15) is 5.60 Å². The minimum atomic E-state index is -0.479. The van der Waals surface area contributed by atoms with Crippen molar-refractivity contribution in [1.29, 1.82) is 0 Å². The molecule has 2 atom stereocenters. The van der Waals surface area contributed by atoms with Crippen molar-refractivity contribution in [2.24, 2.45) is 16.7 Å². The third kappa shape index (κ3) is 10.1. The van der Waals surface area contributed by atoms with E-state index >= 15 is 0 Å². The van der Waals surface area contributed by atoms with Crippen LogP contribution in [0.1, 0.15) is 175 Å². The molecule has 0 aromatic rings. The summed E-state index contributed by atoms with van der Waals surface area (Å²) in [7, 11) is 0. The van der Waals surface area contributed by atoms with Crippen molar-refractivity contribution in [3.63, 3.8) is 0 Å². The van der Waals surface area contributed by atoms with Crippen molar-refractivity contribution in [1.82, 2.24) is 0 Å². The standard InChI is InChI=1S/C42H72O6/c1-5-7-19-38(31-44-32-38)21-15-11-9-13-17-23-46-40-25-36-26-41(28-40,30-42(27-36,29-40)48-37(43)35(3)4)47-24-18-14-10-12-16-22-39(20-8-6-2)33-45-34-39/h36H,3,5-34H2,1-2,4H3. The van der Waals surface area contributed by atoms with E-state index in [0.717, 1.165) is 91.0 Å². The van der Waals surface area contributed by atoms with Gasteiger partial charge in [0.15, 0.2) is 0 Å². The van der Waals surface area contributed by atoms with Crippen LogP contribution >= 0.6 is 0 Å². The number of unbranched alkanes of at least 4 members (excludes halogenated alkanes) is 10. The Morgan fingerprint density at radius 2 is 1.00 bits per heavy atom. The van der Waals surface area contributed by atoms with E-state index in [9.17, 15) is 4.79 Å². The Kier molecular flexibility index (Phi) is 14.0. The molecule has 0 radical (unpaired) electrons. The minimum Gasteiger partial charge on any atom is -0.455 e. The molecule has 0 spiro atoms. The van der Waals surface area contributed by atoms with Crippen LogP contribution in [-0.2, 0) is 28.5 Å². The van der Waals surface area contributed by atoms with Gasteiger partial charge in [0.25, 0.3) is 0 Å². The molecule has 6 nitrogen and oxygen atoms in total. The van der Waals surface area contributed by atoms with Gasteiger partial charge in [-0.1, -0.05) is 97.5 Å². The highest BCUT2D eigenvalue weighted by Crippen LogP contribution is 2.63. The first-order valence-corrected chi connectivity index (χ1v) is 20.5. The van der Waals surface area contributed by atoms with Crippen LogP contribution in [0.5, 0.6) is 0 Å². The molecule has 0 N–H and O–H groups in total. The first-order valence-electron chi connectivity index (χ1n) is 20.5. The second-order valence-electron chi connectivity index (χ2n) is 17.7. The van der Waals surface area contributed by atoms with E-state index in [1.54, 1.807) is 6.92 Å². The van der Waals surface area contributed by atoms with Crippen molar-refractivity contribution in [2.45, 2.75) is 192 Å². The van der Waals surface area contributed by atoms with Gasteiger partial charge < -0.3 is 23.7 Å². The number of hydrogen-bond acceptors (Lipinski definition) is 6. The smallest absolute Gasteiger partial charge is 0.333 e. The molecule has 0 aromatic heterocycles. The van der Waals surface area contributed by atoms with Crippen LogP contribution in [0.2, 0.25) is 0 Å². The highest BCUT2D eigenvalue weighted by molar-refractivity contribution is 5.87. The van der Waals surface area contributed by atoms with E-state index in [0.29, 0.717) is 22.3 Å². The van der Waals surface area contributed by atoms with Gasteiger partial charge in [0, 0.05) is 48.9 Å². The molecule has 6 rings (SSSR count). The Morgan fingerprint density at radius 1 is 0.604 bits per heavy atom. The first-order chi connectivity index (χ1) is 23.2. The monoisotopic (exact) mass is 673 g/mol. The molecule has 6 aliphatic rings. The zero-order chi connectivity index (χ0) is 34.0. The molecule has 4 aliphatic carbocycles. The Labute approximate surface area is 294 Å². The van der Waals surface area contributed by atoms with Crippen molar-refractivity contribution in [3.05, 3.63) is 12.2 Å². The highest BCUT2D eigenvalue weighted by Gasteiger charge is 2.66. The van der Waals surface area contributed by atoms with Gasteiger partial charge in [-0.05, 0) is 70.6 Å². The van der Waals surface area contributed by atoms with Crippen molar-refractivity contribution >= 4 is 5.97 Å². The third-order valence-electron chi connectivity index (χ3n) is 12.8. The maximum atomic E-state index is 12.9. The van der Waals surface area contributed by atoms with E-state index < -0.39 is 5.60 Å². The van der Waals surface area contributed by atoms with E-state index in [1.165, 1.54) is 103 Å². The number of hydrogen-bond donors (Lipinski definition) is 0. The Morgan fingerprint density at radius 3 is 1.42 bits per heavy atom. The van der Waals surface area contributed by atoms with Gasteiger partial charge in [-0.15, -0.1) is 0 Å². The lowest BCUT2D eigenvalue weighted by Gasteiger charge is -2.64. The fraction of sp³-hybridized carbons (Fsp3) is 0.929. The lowest BCUT2D eigenvalue weighted by atomic mass is 9.50. The number of rotatable bonds is 26. The summed E-state index contributed by atoms with van der Waals surface area (Å²) in [4.78, 5) is 12.9. The van der Waals surface area contributed by atoms with Crippen LogP contribution in [-0.4, -0.2) is 62.4 Å². The predicted molar refractivity (Wildman–Crippen MR) is 193 cm³/mol. The van der Waals surface area contributed by atoms with Crippen molar-refractivity contribution in [2.75, 3.05) is 39.6 Å². The number of carbonyl (C=O) groups is 1. The summed E-state index contributed by atoms with van der Waals surface area (Å²) in [6, 6.07) is 0. The molecule has 276 valence electrons. The van der Waals surface area contributed by atoms with Gasteiger partial charge >= 0.3 is 5.97 Å². The SMILES string of the molecule is C=C(C)C(=O)OC12CC3CC(OCCCCCCCC4(CCCC)COC4)(CC(OCCCCCCCC4(CCCC)COC4)(C3)C1)C2. The number of ether oxygens (including phenoxy) is 5. The average Bonchev–Trinajstić information content (AvgIpc) is 3.00. The summed E-state index contributed by atoms with van der Waals surface area (Å²) >= 11 is 0. The summed E-state index contributed by atoms with van der Waals surface area (Å²) < 4.78 is 31.3. The lowest BCUT2D eigenvalue weighted by molar-refractivity contribution is -0.283. The van der Waals surface area contributed by atoms with E-state index in [4.69, 9.17) is 23.7 Å². The van der Waals surface area contributed by atoms with Crippen LogP contribution in [0, 0.1) is 16.7 Å². The Balaban J connectivity index is 1.04. The molecule has 2 aliphatic heterocycles. The maximum Gasteiger partial charge on any atom is 0.333 e. The summed E-state index contributed by atoms with van der Waals surface area (Å²) in [5, 5.41) is 0. The van der Waals surface area contributed by atoms with Gasteiger partial charge in [-0.25, -0.2) is 4.79 Å². The van der Waals surface area contributed by atoms with E-state index in [2.05, 4.69) is 20.4 Å². The third-order valence-corrected chi connectivity index (χ3v) is 12.8. The minimum absolute atomic E-state index is 0.233. The summed E-state index contributed by atoms with van der Waals surface area (Å²) in [5.41, 5.74) is 0.517. The molecule has 2 saturated heterocycles. The predicted octanol–water partition coefficient (Wildman–Crippen LogP) is 10.4. The molecule has 4 bridgehead atoms. The molecule has 6 fully saturated rings. The Hall–Kier alpha value is -0.950. The zero-order valence-electron chi connectivity index (χ0n) is 31.4. The molecule has 0 amide bonds. The van der Waals surface area contributed by atoms with Gasteiger partial charge in [-0.3, -0.25) is 0 Å². The van der Waals surface area contributed by atoms with Crippen LogP contribution < -0.4 is 0 Å². The van der Waals surface area contributed by atoms with Gasteiger partial charge in [-0.2, -0.15) is 0 Å². The zero-order valence-corrected chi connectivity index (χ0v) is 31.4. The quantitative estimate of drug-likeness (QED) is 0.0518. The molecular formula is C42H72O6. The highest BCUT2D eigenvalue weighted by atomic mass is 16.6. The second kappa shape index (κ2) is 17.5. The molecule has 0 aromatic carbocycles. The first kappa shape index (κ1) is 38.3. The fourth-order valence-corrected chi connectivity index (χ4v) is 10.5. The normalized spacial score (nSPS) is 30.9. The largest absolute Gasteiger partial charge is 0.455 e. The number of carbonyl (C=O) groups excluding carboxylic acids is 1. The fourth-order valence-electron chi connectivity index (χ4n) is 10.5. The van der Waals surface area contributed by atoms with E-state index in [-0.39, 0.29) is 17.2 Å². The summed E-state index contributed by atoms with van der Waals surface area (Å²) in [5.74, 6) is 0.238. The molecule has 4 saturated carbocycles. The van der Waals surface area contributed by atoms with Crippen LogP contribution in [0.4, 0.5) is 0 Å². The lowest BCUT2D eigenvalue weighted by Crippen LogP contribution is -2.68. The van der Waals surface area contributed by atoms with Crippen LogP contribution in [0.25, 0.3) is 0 Å². The van der Waals surface area contributed by atoms with Gasteiger partial charge in [0.2, 0.25) is 0 Å². The maximum absolute atomic E-state index is 12.9.